The number of benzene rings is 1. The summed E-state index contributed by atoms with van der Waals surface area (Å²) in [6, 6.07) is 9.47. The minimum Gasteiger partial charge on any atom is -0.494 e. The van der Waals surface area contributed by atoms with Crippen LogP contribution in [-0.2, 0) is 14.3 Å². The Hall–Kier alpha value is -2.04. The van der Waals surface area contributed by atoms with E-state index in [-0.39, 0.29) is 24.9 Å². The van der Waals surface area contributed by atoms with Crippen molar-refractivity contribution in [1.82, 2.24) is 4.90 Å². The van der Waals surface area contributed by atoms with E-state index in [4.69, 9.17) is 9.47 Å². The van der Waals surface area contributed by atoms with Crippen LogP contribution in [0.25, 0.3) is 0 Å². The van der Waals surface area contributed by atoms with Crippen molar-refractivity contribution in [2.75, 3.05) is 26.3 Å². The van der Waals surface area contributed by atoms with Gasteiger partial charge < -0.3 is 14.4 Å². The molecule has 0 radical (unpaired) electrons. The highest BCUT2D eigenvalue weighted by Gasteiger charge is 2.16. The molecule has 1 aliphatic heterocycles. The molecule has 1 aromatic carbocycles. The molecule has 1 aliphatic rings. The predicted molar refractivity (Wildman–Crippen MR) is 87.2 cm³/mol. The molecular formula is C18H25NO4. The van der Waals surface area contributed by atoms with Gasteiger partial charge in [0, 0.05) is 19.5 Å². The van der Waals surface area contributed by atoms with Gasteiger partial charge in [0.1, 0.15) is 5.75 Å². The lowest BCUT2D eigenvalue weighted by Gasteiger charge is -2.19. The second-order valence-corrected chi connectivity index (χ2v) is 5.72. The minimum absolute atomic E-state index is 0.0826. The number of nitrogens with zero attached hydrogens (tertiary/aromatic N) is 1. The zero-order chi connectivity index (χ0) is 16.3. The second kappa shape index (κ2) is 9.87. The van der Waals surface area contributed by atoms with Crippen molar-refractivity contribution in [3.8, 4) is 5.75 Å². The summed E-state index contributed by atoms with van der Waals surface area (Å²) in [5.41, 5.74) is 0. The van der Waals surface area contributed by atoms with Crippen LogP contribution in [0.4, 0.5) is 0 Å². The minimum atomic E-state index is -0.343. The van der Waals surface area contributed by atoms with Crippen LogP contribution in [-0.4, -0.2) is 43.1 Å². The van der Waals surface area contributed by atoms with Crippen molar-refractivity contribution in [1.29, 1.82) is 0 Å². The summed E-state index contributed by atoms with van der Waals surface area (Å²) in [4.78, 5) is 25.5. The van der Waals surface area contributed by atoms with Gasteiger partial charge in [0.25, 0.3) is 5.91 Å². The van der Waals surface area contributed by atoms with Crippen LogP contribution in [0, 0.1) is 0 Å². The Morgan fingerprint density at radius 1 is 1.00 bits per heavy atom. The highest BCUT2D eigenvalue weighted by atomic mass is 16.5. The third-order valence-electron chi connectivity index (χ3n) is 3.85. The molecule has 0 atom stereocenters. The maximum absolute atomic E-state index is 12.0. The largest absolute Gasteiger partial charge is 0.494 e. The lowest BCUT2D eigenvalue weighted by atomic mass is 10.2. The van der Waals surface area contributed by atoms with E-state index in [0.29, 0.717) is 13.0 Å². The summed E-state index contributed by atoms with van der Waals surface area (Å²) in [5, 5.41) is 0. The number of hydrogen-bond acceptors (Lipinski definition) is 4. The Morgan fingerprint density at radius 3 is 2.39 bits per heavy atom. The summed E-state index contributed by atoms with van der Waals surface area (Å²) in [6.07, 6.45) is 5.26. The van der Waals surface area contributed by atoms with Gasteiger partial charge in [-0.05, 0) is 31.4 Å². The Bertz CT molecular complexity index is 481. The van der Waals surface area contributed by atoms with Gasteiger partial charge in [-0.2, -0.15) is 0 Å². The van der Waals surface area contributed by atoms with E-state index in [0.717, 1.165) is 31.7 Å². The first kappa shape index (κ1) is 17.3. The number of ether oxygens (including phenoxy) is 2. The third-order valence-corrected chi connectivity index (χ3v) is 3.85. The van der Waals surface area contributed by atoms with E-state index < -0.39 is 0 Å². The average molecular weight is 319 g/mol. The van der Waals surface area contributed by atoms with Crippen LogP contribution in [0.1, 0.15) is 38.5 Å². The third kappa shape index (κ3) is 6.72. The molecule has 1 fully saturated rings. The molecule has 0 spiro atoms. The molecule has 126 valence electrons. The first-order valence-electron chi connectivity index (χ1n) is 8.37. The van der Waals surface area contributed by atoms with Crippen molar-refractivity contribution in [2.45, 2.75) is 38.5 Å². The summed E-state index contributed by atoms with van der Waals surface area (Å²) >= 11 is 0. The zero-order valence-corrected chi connectivity index (χ0v) is 13.5. The van der Waals surface area contributed by atoms with E-state index >= 15 is 0 Å². The van der Waals surface area contributed by atoms with E-state index in [1.807, 2.05) is 30.3 Å². The van der Waals surface area contributed by atoms with Gasteiger partial charge in [-0.25, -0.2) is 0 Å². The Labute approximate surface area is 137 Å². The first-order valence-corrected chi connectivity index (χ1v) is 8.37. The fourth-order valence-corrected chi connectivity index (χ4v) is 2.55. The number of rotatable bonds is 7. The quantitative estimate of drug-likeness (QED) is 0.573. The molecule has 0 N–H and O–H groups in total. The SMILES string of the molecule is O=C(CCCOc1ccccc1)OCC(=O)N1CCCCCC1. The van der Waals surface area contributed by atoms with Crippen molar-refractivity contribution < 1.29 is 19.1 Å². The molecule has 0 aliphatic carbocycles. The van der Waals surface area contributed by atoms with Crippen LogP contribution in [0.3, 0.4) is 0 Å². The Balaban J connectivity index is 1.56. The molecule has 2 rings (SSSR count). The van der Waals surface area contributed by atoms with Crippen LogP contribution in [0.15, 0.2) is 30.3 Å². The van der Waals surface area contributed by atoms with Crippen LogP contribution >= 0.6 is 0 Å². The molecule has 1 amide bonds. The molecule has 5 nitrogen and oxygen atoms in total. The normalized spacial score (nSPS) is 14.9. The van der Waals surface area contributed by atoms with Crippen LogP contribution in [0.2, 0.25) is 0 Å². The summed E-state index contributed by atoms with van der Waals surface area (Å²) in [5.74, 6) is 0.364. The molecule has 0 unspecified atom stereocenters. The van der Waals surface area contributed by atoms with Crippen LogP contribution in [0.5, 0.6) is 5.75 Å². The lowest BCUT2D eigenvalue weighted by molar-refractivity contribution is -0.152. The summed E-state index contributed by atoms with van der Waals surface area (Å²) in [7, 11) is 0. The highest BCUT2D eigenvalue weighted by Crippen LogP contribution is 2.10. The second-order valence-electron chi connectivity index (χ2n) is 5.72. The van der Waals surface area contributed by atoms with Gasteiger partial charge in [0.05, 0.1) is 6.61 Å². The van der Waals surface area contributed by atoms with Crippen LogP contribution < -0.4 is 4.74 Å². The van der Waals surface area contributed by atoms with E-state index in [1.54, 1.807) is 4.90 Å². The number of hydrogen-bond donors (Lipinski definition) is 0. The Morgan fingerprint density at radius 2 is 1.70 bits per heavy atom. The molecule has 0 aromatic heterocycles. The van der Waals surface area contributed by atoms with Gasteiger partial charge >= 0.3 is 5.97 Å². The first-order chi connectivity index (χ1) is 11.3. The van der Waals surface area contributed by atoms with E-state index in [1.165, 1.54) is 12.8 Å². The van der Waals surface area contributed by atoms with Gasteiger partial charge in [0.15, 0.2) is 6.61 Å². The standard InChI is InChI=1S/C18H25NO4/c20-17(19-12-6-1-2-7-13-19)15-23-18(21)11-8-14-22-16-9-4-3-5-10-16/h3-5,9-10H,1-2,6-8,11-15H2. The van der Waals surface area contributed by atoms with E-state index in [9.17, 15) is 9.59 Å². The number of carbonyl (C=O) groups excluding carboxylic acids is 2. The number of esters is 1. The molecule has 1 saturated heterocycles. The molecule has 0 saturated carbocycles. The number of carbonyl (C=O) groups is 2. The van der Waals surface area contributed by atoms with Crippen molar-refractivity contribution in [2.24, 2.45) is 0 Å². The topological polar surface area (TPSA) is 55.8 Å². The maximum Gasteiger partial charge on any atom is 0.306 e. The average Bonchev–Trinajstić information content (AvgIpc) is 2.87. The van der Waals surface area contributed by atoms with Crippen molar-refractivity contribution >= 4 is 11.9 Å². The number of para-hydroxylation sites is 1. The summed E-state index contributed by atoms with van der Waals surface area (Å²) < 4.78 is 10.6. The van der Waals surface area contributed by atoms with E-state index in [2.05, 4.69) is 0 Å². The predicted octanol–water partition coefficient (Wildman–Crippen LogP) is 2.79. The van der Waals surface area contributed by atoms with Gasteiger partial charge in [-0.1, -0.05) is 31.0 Å². The fourth-order valence-electron chi connectivity index (χ4n) is 2.55. The smallest absolute Gasteiger partial charge is 0.306 e. The van der Waals surface area contributed by atoms with Crippen molar-refractivity contribution in [3.63, 3.8) is 0 Å². The molecular weight excluding hydrogens is 294 g/mol. The zero-order valence-electron chi connectivity index (χ0n) is 13.5. The molecule has 0 bridgehead atoms. The number of amides is 1. The molecule has 5 heteroatoms. The molecule has 1 heterocycles. The van der Waals surface area contributed by atoms with Crippen molar-refractivity contribution in [3.05, 3.63) is 30.3 Å². The number of likely N-dealkylation sites (tertiary alicyclic amines) is 1. The highest BCUT2D eigenvalue weighted by molar-refractivity contribution is 5.80. The molecule has 1 aromatic rings. The molecule has 23 heavy (non-hydrogen) atoms. The fraction of sp³-hybridized carbons (Fsp3) is 0.556. The van der Waals surface area contributed by atoms with Gasteiger partial charge in [0.2, 0.25) is 0 Å². The monoisotopic (exact) mass is 319 g/mol. The summed E-state index contributed by atoms with van der Waals surface area (Å²) in [6.45, 7) is 1.88. The van der Waals surface area contributed by atoms with Gasteiger partial charge in [-0.15, -0.1) is 0 Å². The Kier molecular flexibility index (Phi) is 7.43. The maximum atomic E-state index is 12.0. The lowest BCUT2D eigenvalue weighted by Crippen LogP contribution is -2.35. The van der Waals surface area contributed by atoms with Gasteiger partial charge in [-0.3, -0.25) is 9.59 Å².